The Labute approximate surface area is 86.2 Å². The van der Waals surface area contributed by atoms with Crippen LogP contribution in [-0.2, 0) is 9.53 Å². The lowest BCUT2D eigenvalue weighted by Gasteiger charge is -2.23. The third-order valence-corrected chi connectivity index (χ3v) is 2.61. The summed E-state index contributed by atoms with van der Waals surface area (Å²) in [7, 11) is 0. The van der Waals surface area contributed by atoms with Crippen LogP contribution < -0.4 is 5.32 Å². The van der Waals surface area contributed by atoms with Crippen LogP contribution in [0.5, 0.6) is 0 Å². The lowest BCUT2D eigenvalue weighted by molar-refractivity contribution is -0.151. The third-order valence-electron chi connectivity index (χ3n) is 2.61. The molecule has 0 spiro atoms. The minimum Gasteiger partial charge on any atom is -0.462 e. The van der Waals surface area contributed by atoms with Crippen LogP contribution in [-0.4, -0.2) is 24.7 Å². The van der Waals surface area contributed by atoms with Crippen molar-refractivity contribution in [2.45, 2.75) is 58.1 Å². The molecule has 1 heterocycles. The van der Waals surface area contributed by atoms with Crippen LogP contribution in [0.1, 0.15) is 46.0 Å². The van der Waals surface area contributed by atoms with E-state index in [1.165, 1.54) is 6.42 Å². The number of piperidine rings is 1. The van der Waals surface area contributed by atoms with Gasteiger partial charge in [-0.2, -0.15) is 0 Å². The summed E-state index contributed by atoms with van der Waals surface area (Å²) in [5, 5.41) is 3.19. The molecule has 0 bridgehead atoms. The fourth-order valence-electron chi connectivity index (χ4n) is 1.80. The number of esters is 1. The van der Waals surface area contributed by atoms with E-state index in [1.807, 2.05) is 6.92 Å². The van der Waals surface area contributed by atoms with E-state index in [0.29, 0.717) is 0 Å². The third kappa shape index (κ3) is 3.66. The molecule has 2 unspecified atom stereocenters. The van der Waals surface area contributed by atoms with Crippen LogP contribution in [0.3, 0.4) is 0 Å². The Balaban J connectivity index is 2.25. The summed E-state index contributed by atoms with van der Waals surface area (Å²) in [6.45, 7) is 5.01. The van der Waals surface area contributed by atoms with Crippen LogP contribution in [0, 0.1) is 0 Å². The van der Waals surface area contributed by atoms with Gasteiger partial charge in [0.25, 0.3) is 0 Å². The van der Waals surface area contributed by atoms with Crippen LogP contribution in [0.25, 0.3) is 0 Å². The number of hydrogen-bond donors (Lipinski definition) is 1. The van der Waals surface area contributed by atoms with Crippen LogP contribution in [0.4, 0.5) is 0 Å². The number of nitrogens with one attached hydrogen (secondary N) is 1. The molecule has 0 aromatic heterocycles. The Hall–Kier alpha value is -0.570. The zero-order valence-corrected chi connectivity index (χ0v) is 9.21. The second-order valence-corrected chi connectivity index (χ2v) is 4.04. The molecule has 0 saturated carbocycles. The summed E-state index contributed by atoms with van der Waals surface area (Å²) < 4.78 is 5.33. The fraction of sp³-hybridized carbons (Fsp3) is 0.909. The standard InChI is InChI=1S/C11H21NO2/c1-3-6-9(2)14-11(13)10-7-4-5-8-12-10/h9-10,12H,3-8H2,1-2H3. The van der Waals surface area contributed by atoms with Crippen molar-refractivity contribution in [3.05, 3.63) is 0 Å². The van der Waals surface area contributed by atoms with Crippen molar-refractivity contribution in [2.24, 2.45) is 0 Å². The topological polar surface area (TPSA) is 38.3 Å². The first-order chi connectivity index (χ1) is 6.74. The smallest absolute Gasteiger partial charge is 0.323 e. The van der Waals surface area contributed by atoms with Crippen molar-refractivity contribution >= 4 is 5.97 Å². The molecule has 2 atom stereocenters. The predicted octanol–water partition coefficient (Wildman–Crippen LogP) is 1.86. The van der Waals surface area contributed by atoms with E-state index in [0.717, 1.165) is 32.2 Å². The monoisotopic (exact) mass is 199 g/mol. The average molecular weight is 199 g/mol. The molecule has 1 N–H and O–H groups in total. The SMILES string of the molecule is CCCC(C)OC(=O)C1CCCCN1. The van der Waals surface area contributed by atoms with Gasteiger partial charge in [0.2, 0.25) is 0 Å². The van der Waals surface area contributed by atoms with Crippen molar-refractivity contribution in [1.82, 2.24) is 5.32 Å². The van der Waals surface area contributed by atoms with Gasteiger partial charge in [-0.1, -0.05) is 19.8 Å². The Morgan fingerprint density at radius 3 is 2.93 bits per heavy atom. The van der Waals surface area contributed by atoms with Crippen molar-refractivity contribution in [3.63, 3.8) is 0 Å². The summed E-state index contributed by atoms with van der Waals surface area (Å²) in [5.41, 5.74) is 0. The molecular formula is C11H21NO2. The van der Waals surface area contributed by atoms with Gasteiger partial charge >= 0.3 is 5.97 Å². The lowest BCUT2D eigenvalue weighted by atomic mass is 10.1. The average Bonchev–Trinajstić information content (AvgIpc) is 2.19. The zero-order valence-electron chi connectivity index (χ0n) is 9.21. The number of hydrogen-bond acceptors (Lipinski definition) is 3. The zero-order chi connectivity index (χ0) is 10.4. The molecule has 0 aromatic rings. The molecule has 1 fully saturated rings. The van der Waals surface area contributed by atoms with Gasteiger partial charge in [0.05, 0.1) is 6.10 Å². The van der Waals surface area contributed by atoms with Gasteiger partial charge in [-0.3, -0.25) is 4.79 Å². The molecule has 1 aliphatic heterocycles. The molecular weight excluding hydrogens is 178 g/mol. The van der Waals surface area contributed by atoms with Crippen molar-refractivity contribution < 1.29 is 9.53 Å². The minimum absolute atomic E-state index is 0.0527. The molecule has 82 valence electrons. The summed E-state index contributed by atoms with van der Waals surface area (Å²) in [6, 6.07) is -0.0527. The summed E-state index contributed by atoms with van der Waals surface area (Å²) >= 11 is 0. The maximum Gasteiger partial charge on any atom is 0.323 e. The van der Waals surface area contributed by atoms with Crippen LogP contribution >= 0.6 is 0 Å². The summed E-state index contributed by atoms with van der Waals surface area (Å²) in [4.78, 5) is 11.6. The molecule has 0 amide bonds. The highest BCUT2D eigenvalue weighted by atomic mass is 16.5. The van der Waals surface area contributed by atoms with Gasteiger partial charge in [-0.15, -0.1) is 0 Å². The van der Waals surface area contributed by atoms with Crippen molar-refractivity contribution in [2.75, 3.05) is 6.54 Å². The summed E-state index contributed by atoms with van der Waals surface area (Å²) in [5.74, 6) is -0.0642. The van der Waals surface area contributed by atoms with Gasteiger partial charge in [0, 0.05) is 0 Å². The molecule has 3 nitrogen and oxygen atoms in total. The van der Waals surface area contributed by atoms with E-state index in [2.05, 4.69) is 12.2 Å². The molecule has 1 aliphatic rings. The second kappa shape index (κ2) is 6.02. The number of ether oxygens (including phenoxy) is 1. The molecule has 14 heavy (non-hydrogen) atoms. The van der Waals surface area contributed by atoms with Crippen molar-refractivity contribution in [3.8, 4) is 0 Å². The van der Waals surface area contributed by atoms with Crippen LogP contribution in [0.2, 0.25) is 0 Å². The van der Waals surface area contributed by atoms with E-state index in [-0.39, 0.29) is 18.1 Å². The highest BCUT2D eigenvalue weighted by molar-refractivity contribution is 5.76. The number of carbonyl (C=O) groups is 1. The molecule has 1 saturated heterocycles. The Morgan fingerprint density at radius 2 is 2.36 bits per heavy atom. The normalized spacial score (nSPS) is 24.3. The van der Waals surface area contributed by atoms with Gasteiger partial charge in [0.1, 0.15) is 6.04 Å². The summed E-state index contributed by atoms with van der Waals surface area (Å²) in [6.07, 6.45) is 5.32. The van der Waals surface area contributed by atoms with Crippen molar-refractivity contribution in [1.29, 1.82) is 0 Å². The minimum atomic E-state index is -0.0642. The first-order valence-corrected chi connectivity index (χ1v) is 5.68. The molecule has 0 aliphatic carbocycles. The fourth-order valence-corrected chi connectivity index (χ4v) is 1.80. The van der Waals surface area contributed by atoms with Gasteiger partial charge in [0.15, 0.2) is 0 Å². The highest BCUT2D eigenvalue weighted by Gasteiger charge is 2.23. The predicted molar refractivity (Wildman–Crippen MR) is 56.1 cm³/mol. The van der Waals surface area contributed by atoms with Gasteiger partial charge in [-0.25, -0.2) is 0 Å². The molecule has 1 rings (SSSR count). The number of rotatable bonds is 4. The van der Waals surface area contributed by atoms with Crippen LogP contribution in [0.15, 0.2) is 0 Å². The van der Waals surface area contributed by atoms with Gasteiger partial charge in [-0.05, 0) is 32.7 Å². The Bertz CT molecular complexity index is 176. The maximum atomic E-state index is 11.6. The lowest BCUT2D eigenvalue weighted by Crippen LogP contribution is -2.42. The number of carbonyl (C=O) groups excluding carboxylic acids is 1. The first kappa shape index (κ1) is 11.5. The van der Waals surface area contributed by atoms with E-state index in [4.69, 9.17) is 4.74 Å². The first-order valence-electron chi connectivity index (χ1n) is 5.68. The largest absolute Gasteiger partial charge is 0.462 e. The Morgan fingerprint density at radius 1 is 1.57 bits per heavy atom. The molecule has 0 radical (unpaired) electrons. The molecule has 0 aromatic carbocycles. The van der Waals surface area contributed by atoms with E-state index >= 15 is 0 Å². The quantitative estimate of drug-likeness (QED) is 0.702. The second-order valence-electron chi connectivity index (χ2n) is 4.04. The van der Waals surface area contributed by atoms with E-state index in [1.54, 1.807) is 0 Å². The van der Waals surface area contributed by atoms with E-state index < -0.39 is 0 Å². The Kier molecular flexibility index (Phi) is 4.94. The van der Waals surface area contributed by atoms with E-state index in [9.17, 15) is 4.79 Å². The highest BCUT2D eigenvalue weighted by Crippen LogP contribution is 2.10. The maximum absolute atomic E-state index is 11.6. The van der Waals surface area contributed by atoms with Gasteiger partial charge < -0.3 is 10.1 Å². The molecule has 3 heteroatoms.